The molecule has 0 bridgehead atoms. The topological polar surface area (TPSA) is 111 Å². The van der Waals surface area contributed by atoms with E-state index in [1.54, 1.807) is 24.3 Å². The minimum atomic E-state index is -0.769. The second-order valence-corrected chi connectivity index (χ2v) is 9.08. The zero-order chi connectivity index (χ0) is 21.5. The first-order chi connectivity index (χ1) is 12.8. The molecule has 0 saturated carbocycles. The fourth-order valence-corrected chi connectivity index (χ4v) is 3.40. The van der Waals surface area contributed by atoms with Crippen LogP contribution in [0.1, 0.15) is 59.1 Å². The molecule has 0 heterocycles. The van der Waals surface area contributed by atoms with Gasteiger partial charge in [0, 0.05) is 10.6 Å². The van der Waals surface area contributed by atoms with E-state index in [1.807, 2.05) is 13.8 Å². The van der Waals surface area contributed by atoms with Crippen LogP contribution in [-0.4, -0.2) is 30.1 Å². The number of carbonyl (C=O) groups excluding carboxylic acids is 3. The first-order valence-electron chi connectivity index (χ1n) is 9.05. The summed E-state index contributed by atoms with van der Waals surface area (Å²) < 4.78 is 5.07. The minimum absolute atomic E-state index is 0.0414. The predicted octanol–water partition coefficient (Wildman–Crippen LogP) is 3.31. The first kappa shape index (κ1) is 23.8. The van der Waals surface area contributed by atoms with E-state index >= 15 is 0 Å². The van der Waals surface area contributed by atoms with Crippen molar-refractivity contribution in [3.05, 3.63) is 34.9 Å². The molecular formula is C20H30ClN3O4. The minimum Gasteiger partial charge on any atom is -0.456 e. The van der Waals surface area contributed by atoms with Crippen molar-refractivity contribution in [1.82, 2.24) is 10.6 Å². The van der Waals surface area contributed by atoms with E-state index in [-0.39, 0.29) is 17.7 Å². The molecule has 7 nitrogen and oxygen atoms in total. The van der Waals surface area contributed by atoms with Gasteiger partial charge in [0.25, 0.3) is 5.91 Å². The SMILES string of the molecule is CC(C)(C)CC(C)(C)NC(=O)COC(=O)C[C@H](NC(N)=O)c1ccc(Cl)cc1. The van der Waals surface area contributed by atoms with Gasteiger partial charge in [-0.05, 0) is 43.4 Å². The van der Waals surface area contributed by atoms with Crippen molar-refractivity contribution in [2.45, 2.75) is 59.0 Å². The van der Waals surface area contributed by atoms with E-state index in [0.29, 0.717) is 10.6 Å². The van der Waals surface area contributed by atoms with Crippen LogP contribution >= 0.6 is 11.6 Å². The molecule has 1 rings (SSSR count). The molecule has 0 spiro atoms. The van der Waals surface area contributed by atoms with Gasteiger partial charge in [0.05, 0.1) is 12.5 Å². The van der Waals surface area contributed by atoms with E-state index in [0.717, 1.165) is 6.42 Å². The van der Waals surface area contributed by atoms with Crippen LogP contribution in [0.4, 0.5) is 4.79 Å². The van der Waals surface area contributed by atoms with Gasteiger partial charge in [0.1, 0.15) is 0 Å². The van der Waals surface area contributed by atoms with Crippen molar-refractivity contribution in [2.75, 3.05) is 6.61 Å². The van der Waals surface area contributed by atoms with Gasteiger partial charge in [0.15, 0.2) is 6.61 Å². The summed E-state index contributed by atoms with van der Waals surface area (Å²) in [5.74, 6) is -1.01. The molecule has 3 amide bonds. The predicted molar refractivity (Wildman–Crippen MR) is 109 cm³/mol. The van der Waals surface area contributed by atoms with Crippen molar-refractivity contribution in [1.29, 1.82) is 0 Å². The number of ether oxygens (including phenoxy) is 1. The number of urea groups is 1. The highest BCUT2D eigenvalue weighted by Gasteiger charge is 2.27. The van der Waals surface area contributed by atoms with Gasteiger partial charge < -0.3 is 21.1 Å². The average molecular weight is 412 g/mol. The van der Waals surface area contributed by atoms with Crippen LogP contribution in [0.15, 0.2) is 24.3 Å². The number of hydrogen-bond acceptors (Lipinski definition) is 4. The molecule has 4 N–H and O–H groups in total. The molecule has 1 aromatic rings. The first-order valence-corrected chi connectivity index (χ1v) is 9.43. The van der Waals surface area contributed by atoms with Crippen LogP contribution in [0, 0.1) is 5.41 Å². The van der Waals surface area contributed by atoms with Crippen molar-refractivity contribution >= 4 is 29.5 Å². The third kappa shape index (κ3) is 9.60. The second-order valence-electron chi connectivity index (χ2n) is 8.65. The smallest absolute Gasteiger partial charge is 0.312 e. The summed E-state index contributed by atoms with van der Waals surface area (Å²) in [4.78, 5) is 35.5. The summed E-state index contributed by atoms with van der Waals surface area (Å²) in [6.45, 7) is 9.71. The highest BCUT2D eigenvalue weighted by atomic mass is 35.5. The molecule has 0 fully saturated rings. The van der Waals surface area contributed by atoms with Gasteiger partial charge in [-0.15, -0.1) is 0 Å². The zero-order valence-electron chi connectivity index (χ0n) is 17.1. The third-order valence-corrected chi connectivity index (χ3v) is 4.03. The number of benzene rings is 1. The number of hydrogen-bond donors (Lipinski definition) is 3. The van der Waals surface area contributed by atoms with Crippen LogP contribution in [0.5, 0.6) is 0 Å². The average Bonchev–Trinajstić information content (AvgIpc) is 2.49. The van der Waals surface area contributed by atoms with Crippen molar-refractivity contribution in [3.63, 3.8) is 0 Å². The lowest BCUT2D eigenvalue weighted by Crippen LogP contribution is -2.47. The number of nitrogens with one attached hydrogen (secondary N) is 2. The summed E-state index contributed by atoms with van der Waals surface area (Å²) in [5.41, 5.74) is 5.45. The molecule has 0 aliphatic heterocycles. The van der Waals surface area contributed by atoms with Gasteiger partial charge in [0.2, 0.25) is 0 Å². The fraction of sp³-hybridized carbons (Fsp3) is 0.550. The lowest BCUT2D eigenvalue weighted by atomic mass is 9.82. The van der Waals surface area contributed by atoms with Gasteiger partial charge in [-0.1, -0.05) is 44.5 Å². The molecule has 0 aromatic heterocycles. The Morgan fingerprint density at radius 1 is 1.11 bits per heavy atom. The van der Waals surface area contributed by atoms with Crippen LogP contribution in [0.3, 0.4) is 0 Å². The number of amides is 3. The highest BCUT2D eigenvalue weighted by molar-refractivity contribution is 6.30. The molecule has 1 atom stereocenters. The monoisotopic (exact) mass is 411 g/mol. The summed E-state index contributed by atoms with van der Waals surface area (Å²) in [7, 11) is 0. The van der Waals surface area contributed by atoms with Crippen molar-refractivity contribution in [2.24, 2.45) is 11.1 Å². The number of halogens is 1. The van der Waals surface area contributed by atoms with Crippen LogP contribution < -0.4 is 16.4 Å². The number of primary amides is 1. The Morgan fingerprint density at radius 2 is 1.68 bits per heavy atom. The molecule has 1 aromatic carbocycles. The molecule has 156 valence electrons. The van der Waals surface area contributed by atoms with E-state index in [4.69, 9.17) is 22.1 Å². The van der Waals surface area contributed by atoms with E-state index in [1.165, 1.54) is 0 Å². The molecule has 0 saturated heterocycles. The van der Waals surface area contributed by atoms with Crippen molar-refractivity contribution in [3.8, 4) is 0 Å². The lowest BCUT2D eigenvalue weighted by Gasteiger charge is -2.33. The Hall–Kier alpha value is -2.28. The maximum Gasteiger partial charge on any atom is 0.312 e. The quantitative estimate of drug-likeness (QED) is 0.570. The normalized spacial score (nSPS) is 12.8. The Morgan fingerprint density at radius 3 is 2.18 bits per heavy atom. The van der Waals surface area contributed by atoms with Crippen LogP contribution in [0.25, 0.3) is 0 Å². The van der Waals surface area contributed by atoms with Crippen LogP contribution in [-0.2, 0) is 14.3 Å². The standard InChI is InChI=1S/C20H30ClN3O4/c1-19(2,3)12-20(4,5)24-16(25)11-28-17(26)10-15(23-18(22)27)13-6-8-14(21)9-7-13/h6-9,15H,10-12H2,1-5H3,(H,24,25)(H3,22,23,27)/t15-/m0/s1. The largest absolute Gasteiger partial charge is 0.456 e. The van der Waals surface area contributed by atoms with Gasteiger partial charge in [-0.2, -0.15) is 0 Å². The maximum atomic E-state index is 12.2. The molecule has 0 radical (unpaired) electrons. The third-order valence-electron chi connectivity index (χ3n) is 3.77. The number of nitrogens with two attached hydrogens (primary N) is 1. The molecular weight excluding hydrogens is 382 g/mol. The second kappa shape index (κ2) is 9.78. The Balaban J connectivity index is 2.61. The zero-order valence-corrected chi connectivity index (χ0v) is 17.9. The Bertz CT molecular complexity index is 696. The number of rotatable bonds is 8. The van der Waals surface area contributed by atoms with Gasteiger partial charge in [-0.25, -0.2) is 4.79 Å². The maximum absolute atomic E-state index is 12.2. The molecule has 28 heavy (non-hydrogen) atoms. The molecule has 0 aliphatic rings. The summed E-state index contributed by atoms with van der Waals surface area (Å²) in [5, 5.41) is 5.89. The summed E-state index contributed by atoms with van der Waals surface area (Å²) in [6, 6.07) is 5.19. The van der Waals surface area contributed by atoms with E-state index in [2.05, 4.69) is 31.4 Å². The molecule has 0 aliphatic carbocycles. The van der Waals surface area contributed by atoms with E-state index < -0.39 is 30.2 Å². The van der Waals surface area contributed by atoms with Crippen LogP contribution in [0.2, 0.25) is 5.02 Å². The van der Waals surface area contributed by atoms with Crippen molar-refractivity contribution < 1.29 is 19.1 Å². The summed E-state index contributed by atoms with van der Waals surface area (Å²) in [6.07, 6.45) is 0.601. The summed E-state index contributed by atoms with van der Waals surface area (Å²) >= 11 is 5.86. The Labute approximate surface area is 171 Å². The lowest BCUT2D eigenvalue weighted by molar-refractivity contribution is -0.149. The fourth-order valence-electron chi connectivity index (χ4n) is 3.27. The molecule has 0 unspecified atom stereocenters. The molecule has 8 heteroatoms. The van der Waals surface area contributed by atoms with Gasteiger partial charge in [-0.3, -0.25) is 9.59 Å². The number of carbonyl (C=O) groups is 3. The highest BCUT2D eigenvalue weighted by Crippen LogP contribution is 2.26. The van der Waals surface area contributed by atoms with E-state index in [9.17, 15) is 14.4 Å². The van der Waals surface area contributed by atoms with Gasteiger partial charge >= 0.3 is 12.0 Å². The Kier molecular flexibility index (Phi) is 8.29. The number of esters is 1.